The molecule has 4 aromatic rings. The fourth-order valence-corrected chi connectivity index (χ4v) is 2.17. The quantitative estimate of drug-likeness (QED) is 0.551. The minimum atomic E-state index is 0.528. The molecule has 0 aliphatic carbocycles. The summed E-state index contributed by atoms with van der Waals surface area (Å²) >= 11 is 0. The van der Waals surface area contributed by atoms with Crippen molar-refractivity contribution in [2.24, 2.45) is 0 Å². The summed E-state index contributed by atoms with van der Waals surface area (Å²) in [5.74, 6) is 0. The molecule has 0 unspecified atom stereocenters. The van der Waals surface area contributed by atoms with E-state index in [1.165, 1.54) is 0 Å². The topological polar surface area (TPSA) is 69.4 Å². The molecule has 0 amide bonds. The van der Waals surface area contributed by atoms with E-state index in [1.54, 1.807) is 17.1 Å². The average Bonchev–Trinajstić information content (AvgIpc) is 2.91. The maximum atomic E-state index is 4.62. The molecule has 0 aliphatic rings. The van der Waals surface area contributed by atoms with Gasteiger partial charge in [0.15, 0.2) is 5.65 Å². The third-order valence-corrected chi connectivity index (χ3v) is 3.12. The highest BCUT2D eigenvalue weighted by atomic mass is 15.5. The van der Waals surface area contributed by atoms with Gasteiger partial charge in [-0.1, -0.05) is 29.5 Å². The van der Waals surface area contributed by atoms with Gasteiger partial charge in [0, 0.05) is 17.8 Å². The molecular formula is C14H10N6. The second-order valence-electron chi connectivity index (χ2n) is 4.45. The fourth-order valence-electron chi connectivity index (χ4n) is 2.17. The Morgan fingerprint density at radius 2 is 1.85 bits per heavy atom. The van der Waals surface area contributed by atoms with Gasteiger partial charge < -0.3 is 0 Å². The fraction of sp³-hybridized carbons (Fsp3) is 0.0714. The van der Waals surface area contributed by atoms with Gasteiger partial charge in [-0.05, 0) is 12.1 Å². The first-order chi connectivity index (χ1) is 9.90. The van der Waals surface area contributed by atoms with Gasteiger partial charge in [0.2, 0.25) is 5.65 Å². The first-order valence-electron chi connectivity index (χ1n) is 6.25. The summed E-state index contributed by atoms with van der Waals surface area (Å²) in [6.45, 7) is 0.528. The maximum absolute atomic E-state index is 4.62. The van der Waals surface area contributed by atoms with Crippen molar-refractivity contribution in [1.82, 2.24) is 29.9 Å². The standard InChI is InChI=1S/C14H10N6/c1-2-4-12-10(3-1)5-6-11(17-12)9-20-14-13(18-19-20)15-7-8-16-14/h1-8H,9H2. The van der Waals surface area contributed by atoms with Crippen LogP contribution in [0.5, 0.6) is 0 Å². The van der Waals surface area contributed by atoms with Gasteiger partial charge >= 0.3 is 0 Å². The highest BCUT2D eigenvalue weighted by Gasteiger charge is 2.07. The molecule has 0 spiro atoms. The van der Waals surface area contributed by atoms with E-state index >= 15 is 0 Å². The third-order valence-electron chi connectivity index (χ3n) is 3.12. The van der Waals surface area contributed by atoms with Crippen LogP contribution in [0, 0.1) is 0 Å². The minimum absolute atomic E-state index is 0.528. The van der Waals surface area contributed by atoms with Gasteiger partial charge in [-0.3, -0.25) is 4.98 Å². The average molecular weight is 262 g/mol. The van der Waals surface area contributed by atoms with Crippen molar-refractivity contribution in [3.63, 3.8) is 0 Å². The molecule has 3 heterocycles. The van der Waals surface area contributed by atoms with Crippen molar-refractivity contribution in [3.8, 4) is 0 Å². The number of nitrogens with zero attached hydrogens (tertiary/aromatic N) is 6. The lowest BCUT2D eigenvalue weighted by Crippen LogP contribution is -2.04. The number of para-hydroxylation sites is 1. The molecule has 0 saturated carbocycles. The zero-order valence-corrected chi connectivity index (χ0v) is 10.5. The van der Waals surface area contributed by atoms with Gasteiger partial charge in [0.05, 0.1) is 17.8 Å². The second kappa shape index (κ2) is 4.34. The Bertz CT molecular complexity index is 898. The zero-order chi connectivity index (χ0) is 13.4. The first kappa shape index (κ1) is 11.0. The van der Waals surface area contributed by atoms with Crippen molar-refractivity contribution >= 4 is 22.2 Å². The van der Waals surface area contributed by atoms with Crippen LogP contribution in [0.25, 0.3) is 22.2 Å². The lowest BCUT2D eigenvalue weighted by Gasteiger charge is -2.03. The molecule has 0 saturated heterocycles. The zero-order valence-electron chi connectivity index (χ0n) is 10.5. The molecule has 96 valence electrons. The summed E-state index contributed by atoms with van der Waals surface area (Å²) < 4.78 is 1.71. The molecule has 4 rings (SSSR count). The first-order valence-corrected chi connectivity index (χ1v) is 6.25. The number of aromatic nitrogens is 6. The molecule has 0 radical (unpaired) electrons. The van der Waals surface area contributed by atoms with Crippen molar-refractivity contribution in [2.75, 3.05) is 0 Å². The Kier molecular flexibility index (Phi) is 2.38. The number of benzene rings is 1. The maximum Gasteiger partial charge on any atom is 0.221 e. The van der Waals surface area contributed by atoms with Gasteiger partial charge in [-0.2, -0.15) is 0 Å². The SMILES string of the molecule is c1ccc2nc(Cn3nnc4nccnc43)ccc2c1. The Morgan fingerprint density at radius 3 is 2.85 bits per heavy atom. The van der Waals surface area contributed by atoms with Crippen LogP contribution in [0.2, 0.25) is 0 Å². The summed E-state index contributed by atoms with van der Waals surface area (Å²) in [6.07, 6.45) is 3.24. The van der Waals surface area contributed by atoms with E-state index in [2.05, 4.69) is 31.3 Å². The van der Waals surface area contributed by atoms with E-state index in [0.717, 1.165) is 16.6 Å². The molecule has 0 bridgehead atoms. The smallest absolute Gasteiger partial charge is 0.221 e. The number of fused-ring (bicyclic) bond motifs is 2. The van der Waals surface area contributed by atoms with Gasteiger partial charge in [0.1, 0.15) is 0 Å². The van der Waals surface area contributed by atoms with Crippen LogP contribution in [0.1, 0.15) is 5.69 Å². The predicted molar refractivity (Wildman–Crippen MR) is 74.0 cm³/mol. The van der Waals surface area contributed by atoms with Crippen molar-refractivity contribution < 1.29 is 0 Å². The summed E-state index contributed by atoms with van der Waals surface area (Å²) in [6, 6.07) is 12.1. The van der Waals surface area contributed by atoms with Crippen LogP contribution in [-0.2, 0) is 6.54 Å². The monoisotopic (exact) mass is 262 g/mol. The van der Waals surface area contributed by atoms with Gasteiger partial charge in [0.25, 0.3) is 0 Å². The van der Waals surface area contributed by atoms with Crippen LogP contribution < -0.4 is 0 Å². The van der Waals surface area contributed by atoms with E-state index in [9.17, 15) is 0 Å². The number of hydrogen-bond donors (Lipinski definition) is 0. The minimum Gasteiger partial charge on any atom is -0.251 e. The van der Waals surface area contributed by atoms with Crippen LogP contribution in [0.4, 0.5) is 0 Å². The van der Waals surface area contributed by atoms with E-state index in [0.29, 0.717) is 17.8 Å². The van der Waals surface area contributed by atoms with E-state index in [4.69, 9.17) is 0 Å². The normalized spacial score (nSPS) is 11.2. The summed E-state index contributed by atoms with van der Waals surface area (Å²) in [4.78, 5) is 13.0. The Labute approximate surface area is 114 Å². The molecule has 20 heavy (non-hydrogen) atoms. The van der Waals surface area contributed by atoms with Crippen molar-refractivity contribution in [2.45, 2.75) is 6.54 Å². The summed E-state index contributed by atoms with van der Waals surface area (Å²) in [7, 11) is 0. The predicted octanol–water partition coefficient (Wildman–Crippen LogP) is 1.82. The summed E-state index contributed by atoms with van der Waals surface area (Å²) in [5.41, 5.74) is 3.11. The highest BCUT2D eigenvalue weighted by Crippen LogP contribution is 2.13. The lowest BCUT2D eigenvalue weighted by atomic mass is 10.2. The van der Waals surface area contributed by atoms with E-state index in [1.807, 2.05) is 30.3 Å². The molecule has 6 nitrogen and oxygen atoms in total. The number of pyridine rings is 1. The van der Waals surface area contributed by atoms with E-state index in [-0.39, 0.29) is 0 Å². The van der Waals surface area contributed by atoms with Gasteiger partial charge in [-0.15, -0.1) is 5.10 Å². The van der Waals surface area contributed by atoms with Crippen LogP contribution in [0.15, 0.2) is 48.8 Å². The highest BCUT2D eigenvalue weighted by molar-refractivity contribution is 5.78. The van der Waals surface area contributed by atoms with Crippen molar-refractivity contribution in [3.05, 3.63) is 54.5 Å². The second-order valence-corrected chi connectivity index (χ2v) is 4.45. The molecular weight excluding hydrogens is 252 g/mol. The Balaban J connectivity index is 1.76. The lowest BCUT2D eigenvalue weighted by molar-refractivity contribution is 0.654. The number of rotatable bonds is 2. The molecule has 1 aromatic carbocycles. The van der Waals surface area contributed by atoms with Crippen LogP contribution in [-0.4, -0.2) is 29.9 Å². The van der Waals surface area contributed by atoms with Crippen molar-refractivity contribution in [1.29, 1.82) is 0 Å². The third kappa shape index (κ3) is 1.78. The number of hydrogen-bond acceptors (Lipinski definition) is 5. The molecule has 0 N–H and O–H groups in total. The molecule has 3 aromatic heterocycles. The molecule has 0 fully saturated rings. The van der Waals surface area contributed by atoms with Crippen LogP contribution in [0.3, 0.4) is 0 Å². The van der Waals surface area contributed by atoms with Gasteiger partial charge in [-0.25, -0.2) is 14.6 Å². The van der Waals surface area contributed by atoms with Crippen LogP contribution >= 0.6 is 0 Å². The Morgan fingerprint density at radius 1 is 0.950 bits per heavy atom. The van der Waals surface area contributed by atoms with E-state index < -0.39 is 0 Å². The molecule has 0 atom stereocenters. The molecule has 0 aliphatic heterocycles. The molecule has 6 heteroatoms. The largest absolute Gasteiger partial charge is 0.251 e. The summed E-state index contributed by atoms with van der Waals surface area (Å²) in [5, 5.41) is 9.19. The Hall–Kier alpha value is -2.89.